The maximum atomic E-state index is 12.7. The highest BCUT2D eigenvalue weighted by Crippen LogP contribution is 2.42. The van der Waals surface area contributed by atoms with Crippen molar-refractivity contribution in [2.75, 3.05) is 13.1 Å². The summed E-state index contributed by atoms with van der Waals surface area (Å²) in [5.41, 5.74) is 1.98. The molecule has 1 amide bonds. The summed E-state index contributed by atoms with van der Waals surface area (Å²) in [6.07, 6.45) is 0.886. The van der Waals surface area contributed by atoms with Gasteiger partial charge in [-0.05, 0) is 30.9 Å². The van der Waals surface area contributed by atoms with Gasteiger partial charge in [0.05, 0.1) is 10.7 Å². The number of piperidine rings is 1. The summed E-state index contributed by atoms with van der Waals surface area (Å²) in [7, 11) is 0. The van der Waals surface area contributed by atoms with E-state index in [4.69, 9.17) is 0 Å². The van der Waals surface area contributed by atoms with Crippen LogP contribution in [0, 0.1) is 11.8 Å². The molecule has 1 fully saturated rings. The van der Waals surface area contributed by atoms with E-state index in [0.717, 1.165) is 22.5 Å². The van der Waals surface area contributed by atoms with E-state index in [1.165, 1.54) is 6.20 Å². The van der Waals surface area contributed by atoms with Gasteiger partial charge in [0, 0.05) is 31.4 Å². The SMILES string of the molecule is C=c1nccn/c1=C/C1=C(C)C2CC1CN(C(=O)C(F)(F)F)C2. The van der Waals surface area contributed by atoms with Gasteiger partial charge in [0.1, 0.15) is 0 Å². The Bertz CT molecular complexity index is 784. The lowest BCUT2D eigenvalue weighted by atomic mass is 9.93. The normalized spacial score (nSPS) is 25.2. The fourth-order valence-electron chi connectivity index (χ4n) is 3.42. The van der Waals surface area contributed by atoms with Crippen molar-refractivity contribution in [1.29, 1.82) is 0 Å². The van der Waals surface area contributed by atoms with Crippen LogP contribution in [0.1, 0.15) is 13.3 Å². The molecule has 1 aromatic rings. The zero-order valence-corrected chi connectivity index (χ0v) is 12.6. The molecule has 1 aromatic heterocycles. The Hall–Kier alpha value is -2.18. The number of hydrogen-bond acceptors (Lipinski definition) is 3. The monoisotopic (exact) mass is 323 g/mol. The summed E-state index contributed by atoms with van der Waals surface area (Å²) in [5.74, 6) is -1.88. The summed E-state index contributed by atoms with van der Waals surface area (Å²) >= 11 is 0. The summed E-state index contributed by atoms with van der Waals surface area (Å²) in [6.45, 7) is 5.93. The number of amides is 1. The van der Waals surface area contributed by atoms with Crippen LogP contribution in [0.2, 0.25) is 0 Å². The van der Waals surface area contributed by atoms with Crippen LogP contribution in [0.25, 0.3) is 12.7 Å². The van der Waals surface area contributed by atoms with E-state index < -0.39 is 12.1 Å². The van der Waals surface area contributed by atoms with Crippen molar-refractivity contribution < 1.29 is 18.0 Å². The van der Waals surface area contributed by atoms with Crippen LogP contribution in [-0.4, -0.2) is 40.0 Å². The zero-order valence-electron chi connectivity index (χ0n) is 12.6. The van der Waals surface area contributed by atoms with Crippen LogP contribution in [0.4, 0.5) is 13.2 Å². The molecule has 2 unspecified atom stereocenters. The van der Waals surface area contributed by atoms with E-state index in [1.807, 2.05) is 13.0 Å². The van der Waals surface area contributed by atoms with Gasteiger partial charge in [0.25, 0.3) is 0 Å². The lowest BCUT2D eigenvalue weighted by molar-refractivity contribution is -0.187. The van der Waals surface area contributed by atoms with E-state index >= 15 is 0 Å². The number of carbonyl (C=O) groups is 1. The highest BCUT2D eigenvalue weighted by Gasteiger charge is 2.47. The summed E-state index contributed by atoms with van der Waals surface area (Å²) < 4.78 is 38.0. The molecule has 2 atom stereocenters. The first-order valence-corrected chi connectivity index (χ1v) is 7.32. The van der Waals surface area contributed by atoms with Crippen molar-refractivity contribution in [3.05, 3.63) is 34.2 Å². The summed E-state index contributed by atoms with van der Waals surface area (Å²) in [4.78, 5) is 20.7. The maximum absolute atomic E-state index is 12.7. The summed E-state index contributed by atoms with van der Waals surface area (Å²) in [6, 6.07) is 0. The Balaban J connectivity index is 1.92. The molecule has 0 radical (unpaired) electrons. The number of aromatic nitrogens is 2. The third-order valence-electron chi connectivity index (χ3n) is 4.59. The average molecular weight is 323 g/mol. The Kier molecular flexibility index (Phi) is 3.74. The Morgan fingerprint density at radius 2 is 1.96 bits per heavy atom. The predicted molar refractivity (Wildman–Crippen MR) is 78.2 cm³/mol. The fraction of sp³-hybridized carbons (Fsp3) is 0.438. The van der Waals surface area contributed by atoms with Crippen LogP contribution in [0.5, 0.6) is 0 Å². The molecule has 2 aliphatic rings. The van der Waals surface area contributed by atoms with Gasteiger partial charge >= 0.3 is 12.1 Å². The number of fused-ring (bicyclic) bond motifs is 2. The molecule has 7 heteroatoms. The molecule has 0 spiro atoms. The number of alkyl halides is 3. The second-order valence-corrected chi connectivity index (χ2v) is 6.01. The highest BCUT2D eigenvalue weighted by atomic mass is 19.4. The third kappa shape index (κ3) is 2.87. The molecule has 0 aromatic carbocycles. The van der Waals surface area contributed by atoms with E-state index in [9.17, 15) is 18.0 Å². The van der Waals surface area contributed by atoms with Crippen molar-refractivity contribution in [3.63, 3.8) is 0 Å². The minimum absolute atomic E-state index is 0.0313. The Labute approximate surface area is 131 Å². The lowest BCUT2D eigenvalue weighted by Gasteiger charge is -2.33. The molecule has 23 heavy (non-hydrogen) atoms. The lowest BCUT2D eigenvalue weighted by Crippen LogP contribution is -2.47. The third-order valence-corrected chi connectivity index (χ3v) is 4.59. The smallest absolute Gasteiger partial charge is 0.334 e. The average Bonchev–Trinajstić information content (AvgIpc) is 2.71. The maximum Gasteiger partial charge on any atom is 0.471 e. The van der Waals surface area contributed by atoms with Crippen LogP contribution < -0.4 is 10.7 Å². The minimum Gasteiger partial charge on any atom is -0.334 e. The first kappa shape index (κ1) is 15.7. The molecule has 0 saturated carbocycles. The largest absolute Gasteiger partial charge is 0.471 e. The quantitative estimate of drug-likeness (QED) is 0.775. The molecule has 3 rings (SSSR count). The zero-order chi connectivity index (χ0) is 16.8. The number of halogens is 3. The molecule has 1 aliphatic carbocycles. The van der Waals surface area contributed by atoms with Gasteiger partial charge in [0.15, 0.2) is 0 Å². The van der Waals surface area contributed by atoms with Gasteiger partial charge in [-0.15, -0.1) is 0 Å². The minimum atomic E-state index is -4.82. The second kappa shape index (κ2) is 5.47. The van der Waals surface area contributed by atoms with E-state index in [-0.39, 0.29) is 24.9 Å². The van der Waals surface area contributed by atoms with E-state index in [1.54, 1.807) is 6.20 Å². The van der Waals surface area contributed by atoms with E-state index in [2.05, 4.69) is 16.5 Å². The second-order valence-electron chi connectivity index (χ2n) is 6.01. The first-order valence-electron chi connectivity index (χ1n) is 7.32. The van der Waals surface area contributed by atoms with Crippen molar-refractivity contribution in [2.24, 2.45) is 11.8 Å². The van der Waals surface area contributed by atoms with Gasteiger partial charge in [-0.1, -0.05) is 12.2 Å². The van der Waals surface area contributed by atoms with Gasteiger partial charge in [-0.25, -0.2) is 0 Å². The fourth-order valence-corrected chi connectivity index (χ4v) is 3.42. The number of hydrogen-bond donors (Lipinski definition) is 0. The van der Waals surface area contributed by atoms with Crippen LogP contribution >= 0.6 is 0 Å². The van der Waals surface area contributed by atoms with Crippen molar-refractivity contribution in [1.82, 2.24) is 14.9 Å². The number of nitrogens with zero attached hydrogens (tertiary/aromatic N) is 3. The van der Waals surface area contributed by atoms with Gasteiger partial charge in [0.2, 0.25) is 0 Å². The van der Waals surface area contributed by atoms with Crippen molar-refractivity contribution >= 4 is 18.6 Å². The van der Waals surface area contributed by atoms with Gasteiger partial charge in [-0.3, -0.25) is 14.8 Å². The molecule has 122 valence electrons. The standard InChI is InChI=1S/C16H16F3N3O/c1-9-11-5-12(8-22(7-11)15(23)16(17,18)19)13(9)6-14-10(2)20-3-4-21-14/h3-4,6,11-12H,2,5,7-8H2,1H3/b14-6+. The van der Waals surface area contributed by atoms with E-state index in [0.29, 0.717) is 10.7 Å². The van der Waals surface area contributed by atoms with Gasteiger partial charge in [-0.2, -0.15) is 13.2 Å². The summed E-state index contributed by atoms with van der Waals surface area (Å²) in [5, 5.41) is 1.14. The molecular formula is C16H16F3N3O. The molecule has 0 N–H and O–H groups in total. The van der Waals surface area contributed by atoms with Crippen molar-refractivity contribution in [3.8, 4) is 0 Å². The van der Waals surface area contributed by atoms with Crippen LogP contribution in [0.15, 0.2) is 23.5 Å². The number of rotatable bonds is 1. The Morgan fingerprint density at radius 1 is 1.30 bits per heavy atom. The molecule has 4 nitrogen and oxygen atoms in total. The molecule has 1 aliphatic heterocycles. The Morgan fingerprint density at radius 3 is 2.61 bits per heavy atom. The molecule has 2 bridgehead atoms. The number of likely N-dealkylation sites (tertiary alicyclic amines) is 1. The predicted octanol–water partition coefficient (Wildman–Crippen LogP) is 1.02. The number of carbonyl (C=O) groups excluding carboxylic acids is 1. The first-order chi connectivity index (χ1) is 10.8. The van der Waals surface area contributed by atoms with Crippen LogP contribution in [-0.2, 0) is 4.79 Å². The van der Waals surface area contributed by atoms with Crippen LogP contribution in [0.3, 0.4) is 0 Å². The molecular weight excluding hydrogens is 307 g/mol. The molecule has 2 heterocycles. The topological polar surface area (TPSA) is 46.1 Å². The van der Waals surface area contributed by atoms with Gasteiger partial charge < -0.3 is 4.90 Å². The highest BCUT2D eigenvalue weighted by molar-refractivity contribution is 5.82. The molecule has 1 saturated heterocycles. The van der Waals surface area contributed by atoms with Crippen molar-refractivity contribution in [2.45, 2.75) is 19.5 Å².